The molecule has 1 rings (SSSR count). The van der Waals surface area contributed by atoms with Crippen molar-refractivity contribution in [1.82, 2.24) is 0 Å². The van der Waals surface area contributed by atoms with E-state index in [4.69, 9.17) is 23.2 Å². The molecule has 0 aliphatic heterocycles. The van der Waals surface area contributed by atoms with E-state index in [0.717, 1.165) is 4.90 Å². The number of thiocarbonyl (C=S) groups is 1. The lowest BCUT2D eigenvalue weighted by Gasteiger charge is -2.20. The minimum Gasteiger partial charge on any atom is -0.191 e. The van der Waals surface area contributed by atoms with Crippen LogP contribution in [0.4, 0.5) is 0 Å². The average molecular weight is 278 g/mol. The Morgan fingerprint density at radius 1 is 1.40 bits per heavy atom. The second-order valence-corrected chi connectivity index (χ2v) is 5.81. The molecular formula is C10H9Cl2NS2. The van der Waals surface area contributed by atoms with Crippen molar-refractivity contribution in [3.8, 4) is 0 Å². The number of benzene rings is 1. The lowest BCUT2D eigenvalue weighted by atomic mass is 10.4. The third-order valence-electron chi connectivity index (χ3n) is 1.74. The molecule has 0 N–H and O–H groups in total. The third-order valence-corrected chi connectivity index (χ3v) is 4.15. The zero-order valence-electron chi connectivity index (χ0n) is 7.98. The summed E-state index contributed by atoms with van der Waals surface area (Å²) in [6.45, 7) is 1.90. The van der Waals surface area contributed by atoms with Crippen LogP contribution in [-0.2, 0) is 0 Å². The first-order chi connectivity index (χ1) is 7.06. The molecule has 0 fully saturated rings. The van der Waals surface area contributed by atoms with Crippen LogP contribution in [0, 0.1) is 0 Å². The van der Waals surface area contributed by atoms with Crippen LogP contribution in [0.15, 0.2) is 40.2 Å². The summed E-state index contributed by atoms with van der Waals surface area (Å²) in [6.07, 6.45) is 0. The zero-order valence-corrected chi connectivity index (χ0v) is 11.1. The van der Waals surface area contributed by atoms with E-state index in [0.29, 0.717) is 0 Å². The van der Waals surface area contributed by atoms with Gasteiger partial charge < -0.3 is 0 Å². The van der Waals surface area contributed by atoms with Gasteiger partial charge in [0.2, 0.25) is 4.46 Å². The molecule has 0 spiro atoms. The Kier molecular flexibility index (Phi) is 5.10. The highest BCUT2D eigenvalue weighted by molar-refractivity contribution is 8.00. The number of isothiocyanates is 1. The fourth-order valence-corrected chi connectivity index (χ4v) is 2.44. The number of halogens is 2. The summed E-state index contributed by atoms with van der Waals surface area (Å²) in [5, 5.41) is 2.11. The van der Waals surface area contributed by atoms with E-state index in [-0.39, 0.29) is 5.25 Å². The average Bonchev–Trinajstić information content (AvgIpc) is 2.19. The first-order valence-corrected chi connectivity index (χ1v) is 6.29. The molecule has 1 atom stereocenters. The van der Waals surface area contributed by atoms with E-state index in [1.54, 1.807) is 11.8 Å². The van der Waals surface area contributed by atoms with Gasteiger partial charge in [0.1, 0.15) is 0 Å². The summed E-state index contributed by atoms with van der Waals surface area (Å²) >= 11 is 18.0. The van der Waals surface area contributed by atoms with Crippen LogP contribution in [0.1, 0.15) is 6.92 Å². The van der Waals surface area contributed by atoms with Crippen molar-refractivity contribution >= 4 is 52.3 Å². The van der Waals surface area contributed by atoms with Gasteiger partial charge in [0.15, 0.2) is 0 Å². The molecule has 15 heavy (non-hydrogen) atoms. The smallest absolute Gasteiger partial charge is 0.191 e. The monoisotopic (exact) mass is 277 g/mol. The molecule has 80 valence electrons. The predicted molar refractivity (Wildman–Crippen MR) is 71.2 cm³/mol. The Bertz CT molecular complexity index is 361. The molecule has 0 aromatic heterocycles. The molecule has 1 aromatic carbocycles. The molecule has 1 nitrogen and oxygen atoms in total. The fourth-order valence-electron chi connectivity index (χ4n) is 0.926. The van der Waals surface area contributed by atoms with E-state index in [1.807, 2.05) is 37.3 Å². The lowest BCUT2D eigenvalue weighted by Crippen LogP contribution is -2.22. The molecule has 5 heteroatoms. The Morgan fingerprint density at radius 3 is 2.53 bits per heavy atom. The number of nitrogens with zero attached hydrogens (tertiary/aromatic N) is 1. The van der Waals surface area contributed by atoms with Gasteiger partial charge in [-0.25, -0.2) is 0 Å². The summed E-state index contributed by atoms with van der Waals surface area (Å²) in [7, 11) is 0. The Balaban J connectivity index is 2.71. The summed E-state index contributed by atoms with van der Waals surface area (Å²) in [4.78, 5) is 4.82. The maximum absolute atomic E-state index is 5.99. The highest BCUT2D eigenvalue weighted by Gasteiger charge is 2.31. The highest BCUT2D eigenvalue weighted by atomic mass is 35.5. The third kappa shape index (κ3) is 4.13. The van der Waals surface area contributed by atoms with Gasteiger partial charge in [0.25, 0.3) is 0 Å². The van der Waals surface area contributed by atoms with Crippen LogP contribution in [0.25, 0.3) is 0 Å². The largest absolute Gasteiger partial charge is 0.228 e. The molecule has 0 amide bonds. The Labute approximate surface area is 109 Å². The maximum Gasteiger partial charge on any atom is 0.228 e. The zero-order chi connectivity index (χ0) is 11.3. The molecular weight excluding hydrogens is 269 g/mol. The Morgan fingerprint density at radius 2 is 2.00 bits per heavy atom. The topological polar surface area (TPSA) is 12.4 Å². The second kappa shape index (κ2) is 5.88. The number of hydrogen-bond acceptors (Lipinski definition) is 3. The van der Waals surface area contributed by atoms with Gasteiger partial charge in [0.05, 0.1) is 10.4 Å². The van der Waals surface area contributed by atoms with E-state index < -0.39 is 4.46 Å². The second-order valence-electron chi connectivity index (χ2n) is 2.86. The van der Waals surface area contributed by atoms with Crippen LogP contribution >= 0.6 is 47.2 Å². The minimum atomic E-state index is -1.22. The molecule has 0 aliphatic carbocycles. The highest BCUT2D eigenvalue weighted by Crippen LogP contribution is 2.37. The first-order valence-electron chi connectivity index (χ1n) is 4.25. The molecule has 0 saturated carbocycles. The molecule has 0 aliphatic rings. The van der Waals surface area contributed by atoms with Crippen molar-refractivity contribution in [1.29, 1.82) is 0 Å². The number of hydrogen-bond donors (Lipinski definition) is 0. The fraction of sp³-hybridized carbons (Fsp3) is 0.300. The summed E-state index contributed by atoms with van der Waals surface area (Å²) < 4.78 is -1.22. The van der Waals surface area contributed by atoms with E-state index in [2.05, 4.69) is 22.4 Å². The van der Waals surface area contributed by atoms with E-state index >= 15 is 0 Å². The van der Waals surface area contributed by atoms with E-state index in [1.165, 1.54) is 0 Å². The maximum atomic E-state index is 5.99. The van der Waals surface area contributed by atoms with Gasteiger partial charge in [0, 0.05) is 4.90 Å². The number of alkyl halides is 2. The Hall–Kier alpha value is -0.0500. The van der Waals surface area contributed by atoms with Crippen LogP contribution < -0.4 is 0 Å². The van der Waals surface area contributed by atoms with Gasteiger partial charge in [-0.1, -0.05) is 41.4 Å². The summed E-state index contributed by atoms with van der Waals surface area (Å²) in [5.74, 6) is 0. The molecule has 0 heterocycles. The van der Waals surface area contributed by atoms with Gasteiger partial charge in [-0.05, 0) is 31.3 Å². The molecule has 1 unspecified atom stereocenters. The van der Waals surface area contributed by atoms with Gasteiger partial charge in [-0.2, -0.15) is 4.99 Å². The van der Waals surface area contributed by atoms with Crippen molar-refractivity contribution in [3.63, 3.8) is 0 Å². The number of aliphatic imine (C=N–C) groups is 1. The number of rotatable bonds is 4. The van der Waals surface area contributed by atoms with Crippen LogP contribution in [0.3, 0.4) is 0 Å². The van der Waals surface area contributed by atoms with Crippen LogP contribution in [-0.4, -0.2) is 14.9 Å². The molecule has 0 bridgehead atoms. The number of thioether (sulfide) groups is 1. The van der Waals surface area contributed by atoms with Crippen molar-refractivity contribution < 1.29 is 0 Å². The standard InChI is InChI=1S/C10H9Cl2NS2/c1-8(10(11,12)13-7-14)15-9-5-3-2-4-6-9/h2-6,8H,1H3. The molecule has 1 aromatic rings. The van der Waals surface area contributed by atoms with Gasteiger partial charge in [-0.3, -0.25) is 0 Å². The first kappa shape index (κ1) is 13.0. The van der Waals surface area contributed by atoms with Crippen molar-refractivity contribution in [2.24, 2.45) is 4.99 Å². The molecule has 0 radical (unpaired) electrons. The quantitative estimate of drug-likeness (QED) is 0.266. The summed E-state index contributed by atoms with van der Waals surface area (Å²) in [5.41, 5.74) is 0. The van der Waals surface area contributed by atoms with Crippen molar-refractivity contribution in [2.75, 3.05) is 0 Å². The predicted octanol–water partition coefficient (Wildman–Crippen LogP) is 4.40. The van der Waals surface area contributed by atoms with Gasteiger partial charge in [-0.15, -0.1) is 11.8 Å². The van der Waals surface area contributed by atoms with Crippen LogP contribution in [0.2, 0.25) is 0 Å². The minimum absolute atomic E-state index is 0.0984. The van der Waals surface area contributed by atoms with Crippen molar-refractivity contribution in [2.45, 2.75) is 21.5 Å². The summed E-state index contributed by atoms with van der Waals surface area (Å²) in [6, 6.07) is 9.86. The van der Waals surface area contributed by atoms with Gasteiger partial charge >= 0.3 is 0 Å². The van der Waals surface area contributed by atoms with E-state index in [9.17, 15) is 0 Å². The van der Waals surface area contributed by atoms with Crippen molar-refractivity contribution in [3.05, 3.63) is 30.3 Å². The normalized spacial score (nSPS) is 13.0. The SMILES string of the molecule is CC(Sc1ccccc1)C(Cl)(Cl)N=C=S. The molecule has 0 saturated heterocycles. The lowest BCUT2D eigenvalue weighted by molar-refractivity contribution is 0.810. The van der Waals surface area contributed by atoms with Crippen LogP contribution in [0.5, 0.6) is 0 Å².